The van der Waals surface area contributed by atoms with Crippen LogP contribution < -0.4 is 9.47 Å². The van der Waals surface area contributed by atoms with E-state index in [2.05, 4.69) is 6.07 Å². The van der Waals surface area contributed by atoms with Crippen LogP contribution in [0.1, 0.15) is 56.3 Å². The van der Waals surface area contributed by atoms with Gasteiger partial charge in [0.2, 0.25) is 0 Å². The van der Waals surface area contributed by atoms with E-state index in [1.54, 1.807) is 19.2 Å². The number of hydrogen-bond acceptors (Lipinski definition) is 6. The standard InChI is InChI=1S/C22H30N2O5/c1-16(2)13-28-18-9-8-17(12-19(18)27-4)21(26)29-14-20(25)24(3)22(15-23)10-6-5-7-11-22/h8-9,12,16H,5-7,10-11,13-14H2,1-4H3. The number of esters is 1. The van der Waals surface area contributed by atoms with Gasteiger partial charge in [0, 0.05) is 7.05 Å². The molecule has 1 aromatic rings. The van der Waals surface area contributed by atoms with Crippen LogP contribution in [-0.2, 0) is 9.53 Å². The summed E-state index contributed by atoms with van der Waals surface area (Å²) in [6, 6.07) is 7.05. The van der Waals surface area contributed by atoms with Crippen LogP contribution in [0.2, 0.25) is 0 Å². The summed E-state index contributed by atoms with van der Waals surface area (Å²) in [4.78, 5) is 26.3. The van der Waals surface area contributed by atoms with Gasteiger partial charge in [0.05, 0.1) is 25.3 Å². The van der Waals surface area contributed by atoms with Gasteiger partial charge in [-0.25, -0.2) is 4.79 Å². The van der Waals surface area contributed by atoms with Gasteiger partial charge in [-0.1, -0.05) is 33.1 Å². The van der Waals surface area contributed by atoms with Crippen molar-refractivity contribution in [2.24, 2.45) is 5.92 Å². The largest absolute Gasteiger partial charge is 0.493 e. The number of methoxy groups -OCH3 is 1. The number of hydrogen-bond donors (Lipinski definition) is 0. The Kier molecular flexibility index (Phi) is 7.89. The van der Waals surface area contributed by atoms with E-state index in [0.717, 1.165) is 19.3 Å². The topological polar surface area (TPSA) is 88.9 Å². The van der Waals surface area contributed by atoms with Crippen molar-refractivity contribution >= 4 is 11.9 Å². The van der Waals surface area contributed by atoms with Crippen molar-refractivity contribution in [3.63, 3.8) is 0 Å². The van der Waals surface area contributed by atoms with Gasteiger partial charge in [-0.15, -0.1) is 0 Å². The highest BCUT2D eigenvalue weighted by Crippen LogP contribution is 2.32. The number of carbonyl (C=O) groups is 2. The zero-order valence-electron chi connectivity index (χ0n) is 17.7. The van der Waals surface area contributed by atoms with Gasteiger partial charge in [-0.05, 0) is 37.0 Å². The van der Waals surface area contributed by atoms with Crippen LogP contribution in [0.3, 0.4) is 0 Å². The van der Waals surface area contributed by atoms with Crippen molar-refractivity contribution in [2.45, 2.75) is 51.5 Å². The lowest BCUT2D eigenvalue weighted by molar-refractivity contribution is -0.138. The Bertz CT molecular complexity index is 763. The molecule has 7 heteroatoms. The Morgan fingerprint density at radius 3 is 2.48 bits per heavy atom. The quantitative estimate of drug-likeness (QED) is 0.618. The summed E-state index contributed by atoms with van der Waals surface area (Å²) in [6.07, 6.45) is 4.19. The Labute approximate surface area is 172 Å². The SMILES string of the molecule is COc1cc(C(=O)OCC(=O)N(C)C2(C#N)CCCCC2)ccc1OCC(C)C. The first kappa shape index (κ1) is 22.5. The van der Waals surface area contributed by atoms with Crippen LogP contribution in [0, 0.1) is 17.2 Å². The second-order valence-corrected chi connectivity index (χ2v) is 7.80. The third-order valence-electron chi connectivity index (χ3n) is 5.20. The van der Waals surface area contributed by atoms with Gasteiger partial charge >= 0.3 is 5.97 Å². The molecule has 1 saturated carbocycles. The summed E-state index contributed by atoms with van der Waals surface area (Å²) in [5.74, 6) is 0.310. The Morgan fingerprint density at radius 1 is 1.21 bits per heavy atom. The molecule has 0 unspecified atom stereocenters. The second-order valence-electron chi connectivity index (χ2n) is 7.80. The van der Waals surface area contributed by atoms with Crippen molar-refractivity contribution in [3.8, 4) is 17.6 Å². The minimum absolute atomic E-state index is 0.266. The molecule has 0 heterocycles. The molecule has 0 spiro atoms. The molecule has 1 amide bonds. The van der Waals surface area contributed by atoms with Crippen LogP contribution in [0.4, 0.5) is 0 Å². The highest BCUT2D eigenvalue weighted by Gasteiger charge is 2.39. The minimum atomic E-state index is -0.805. The monoisotopic (exact) mass is 402 g/mol. The molecule has 1 aromatic carbocycles. The molecule has 0 aliphatic heterocycles. The van der Waals surface area contributed by atoms with Gasteiger partial charge in [0.25, 0.3) is 5.91 Å². The summed E-state index contributed by atoms with van der Waals surface area (Å²) in [6.45, 7) is 4.19. The summed E-state index contributed by atoms with van der Waals surface area (Å²) >= 11 is 0. The summed E-state index contributed by atoms with van der Waals surface area (Å²) in [7, 11) is 3.10. The summed E-state index contributed by atoms with van der Waals surface area (Å²) in [5.41, 5.74) is -0.540. The lowest BCUT2D eigenvalue weighted by atomic mass is 9.81. The molecule has 0 N–H and O–H groups in total. The van der Waals surface area contributed by atoms with Crippen molar-refractivity contribution in [2.75, 3.05) is 27.4 Å². The zero-order chi connectivity index (χ0) is 21.4. The number of nitrogens with zero attached hydrogens (tertiary/aromatic N) is 2. The average molecular weight is 402 g/mol. The number of benzene rings is 1. The van der Waals surface area contributed by atoms with Gasteiger partial charge in [-0.3, -0.25) is 4.79 Å². The number of ether oxygens (including phenoxy) is 3. The molecule has 2 rings (SSSR count). The molecule has 1 fully saturated rings. The predicted octanol–water partition coefficient (Wildman–Crippen LogP) is 3.57. The number of rotatable bonds is 8. The molecule has 1 aliphatic rings. The zero-order valence-corrected chi connectivity index (χ0v) is 17.7. The fraction of sp³-hybridized carbons (Fsp3) is 0.591. The lowest BCUT2D eigenvalue weighted by Crippen LogP contribution is -2.51. The van der Waals surface area contributed by atoms with Crippen molar-refractivity contribution < 1.29 is 23.8 Å². The molecule has 0 radical (unpaired) electrons. The van der Waals surface area contributed by atoms with E-state index in [1.165, 1.54) is 18.1 Å². The molecular weight excluding hydrogens is 372 g/mol. The molecule has 0 atom stereocenters. The predicted molar refractivity (Wildman–Crippen MR) is 108 cm³/mol. The second kappa shape index (κ2) is 10.1. The van der Waals surface area contributed by atoms with E-state index in [-0.39, 0.29) is 11.5 Å². The summed E-state index contributed by atoms with van der Waals surface area (Å²) < 4.78 is 16.2. The molecular formula is C22H30N2O5. The molecule has 0 aromatic heterocycles. The van der Waals surface area contributed by atoms with E-state index in [4.69, 9.17) is 14.2 Å². The highest BCUT2D eigenvalue weighted by molar-refractivity contribution is 5.92. The number of amides is 1. The van der Waals surface area contributed by atoms with Gasteiger partial charge < -0.3 is 19.1 Å². The van der Waals surface area contributed by atoms with E-state index in [9.17, 15) is 14.9 Å². The third kappa shape index (κ3) is 5.63. The maximum Gasteiger partial charge on any atom is 0.338 e. The third-order valence-corrected chi connectivity index (χ3v) is 5.20. The van der Waals surface area contributed by atoms with E-state index in [1.807, 2.05) is 13.8 Å². The molecule has 7 nitrogen and oxygen atoms in total. The Morgan fingerprint density at radius 2 is 1.90 bits per heavy atom. The van der Waals surface area contributed by atoms with Crippen LogP contribution in [0.15, 0.2) is 18.2 Å². The van der Waals surface area contributed by atoms with Gasteiger partial charge in [0.15, 0.2) is 18.1 Å². The van der Waals surface area contributed by atoms with Gasteiger partial charge in [-0.2, -0.15) is 5.26 Å². The maximum atomic E-state index is 12.5. The van der Waals surface area contributed by atoms with E-state index in [0.29, 0.717) is 36.9 Å². The first-order chi connectivity index (χ1) is 13.8. The fourth-order valence-electron chi connectivity index (χ4n) is 3.38. The number of carbonyl (C=O) groups excluding carboxylic acids is 2. The minimum Gasteiger partial charge on any atom is -0.493 e. The maximum absolute atomic E-state index is 12.5. The van der Waals surface area contributed by atoms with Crippen molar-refractivity contribution in [1.29, 1.82) is 5.26 Å². The van der Waals surface area contributed by atoms with Crippen molar-refractivity contribution in [1.82, 2.24) is 4.90 Å². The highest BCUT2D eigenvalue weighted by atomic mass is 16.5. The van der Waals surface area contributed by atoms with Crippen LogP contribution in [0.25, 0.3) is 0 Å². The number of nitriles is 1. The average Bonchev–Trinajstić information content (AvgIpc) is 2.75. The van der Waals surface area contributed by atoms with Crippen molar-refractivity contribution in [3.05, 3.63) is 23.8 Å². The molecule has 0 bridgehead atoms. The molecule has 0 saturated heterocycles. The van der Waals surface area contributed by atoms with Crippen LogP contribution in [0.5, 0.6) is 11.5 Å². The van der Waals surface area contributed by atoms with Crippen LogP contribution >= 0.6 is 0 Å². The lowest BCUT2D eigenvalue weighted by Gasteiger charge is -2.38. The smallest absolute Gasteiger partial charge is 0.338 e. The molecule has 158 valence electrons. The number of likely N-dealkylation sites (N-methyl/N-ethyl adjacent to an activating group) is 1. The molecule has 29 heavy (non-hydrogen) atoms. The molecule has 1 aliphatic carbocycles. The first-order valence-electron chi connectivity index (χ1n) is 9.99. The Balaban J connectivity index is 1.99. The summed E-state index contributed by atoms with van der Waals surface area (Å²) in [5, 5.41) is 9.60. The first-order valence-corrected chi connectivity index (χ1v) is 9.99. The van der Waals surface area contributed by atoms with Crippen LogP contribution in [-0.4, -0.2) is 49.7 Å². The Hall–Kier alpha value is -2.75. The fourth-order valence-corrected chi connectivity index (χ4v) is 3.38. The normalized spacial score (nSPS) is 15.3. The van der Waals surface area contributed by atoms with Gasteiger partial charge in [0.1, 0.15) is 5.54 Å². The van der Waals surface area contributed by atoms with E-state index < -0.39 is 18.1 Å². The van der Waals surface area contributed by atoms with E-state index >= 15 is 0 Å².